The highest BCUT2D eigenvalue weighted by atomic mass is 15.1. The van der Waals surface area contributed by atoms with Crippen LogP contribution in [0, 0.1) is 0 Å². The SMILES string of the molecule is c1ccc(-c2ccc(N(c3ccc(-c4ccc(-c5ccc(N(c6ccc(-c7ccccc7)cc6)c6cccc7ccccc67)cc5)cc4)cc3)c3cccc4ccccc34)cc2)cc1. The first kappa shape index (κ1) is 38.5. The summed E-state index contributed by atoms with van der Waals surface area (Å²) < 4.78 is 0. The van der Waals surface area contributed by atoms with E-state index in [2.05, 4.69) is 277 Å². The molecule has 0 aliphatic carbocycles. The van der Waals surface area contributed by atoms with E-state index in [1.54, 1.807) is 0 Å². The molecule has 0 radical (unpaired) electrons. The van der Waals surface area contributed by atoms with Crippen LogP contribution < -0.4 is 9.80 Å². The second-order valence-corrected chi connectivity index (χ2v) is 16.2. The fourth-order valence-corrected chi connectivity index (χ4v) is 8.99. The smallest absolute Gasteiger partial charge is 0.0540 e. The van der Waals surface area contributed by atoms with Crippen molar-refractivity contribution in [2.24, 2.45) is 0 Å². The van der Waals surface area contributed by atoms with Crippen molar-refractivity contribution in [1.29, 1.82) is 0 Å². The van der Waals surface area contributed by atoms with Crippen LogP contribution in [0.1, 0.15) is 0 Å². The van der Waals surface area contributed by atoms with E-state index >= 15 is 0 Å². The predicted octanol–water partition coefficient (Wildman–Crippen LogP) is 17.6. The summed E-state index contributed by atoms with van der Waals surface area (Å²) >= 11 is 0. The van der Waals surface area contributed by atoms with Crippen molar-refractivity contribution in [3.05, 3.63) is 267 Å². The monoisotopic (exact) mass is 816 g/mol. The number of fused-ring (bicyclic) bond motifs is 2. The Morgan fingerprint density at radius 1 is 0.172 bits per heavy atom. The number of hydrogen-bond acceptors (Lipinski definition) is 2. The van der Waals surface area contributed by atoms with Crippen LogP contribution in [0.5, 0.6) is 0 Å². The number of benzene rings is 11. The maximum Gasteiger partial charge on any atom is 0.0540 e. The zero-order valence-corrected chi connectivity index (χ0v) is 35.3. The molecule has 0 fully saturated rings. The van der Waals surface area contributed by atoms with Gasteiger partial charge >= 0.3 is 0 Å². The fraction of sp³-hybridized carbons (Fsp3) is 0. The van der Waals surface area contributed by atoms with Gasteiger partial charge in [-0.2, -0.15) is 0 Å². The minimum absolute atomic E-state index is 1.11. The Kier molecular flexibility index (Phi) is 10.3. The normalized spacial score (nSPS) is 11.1. The highest BCUT2D eigenvalue weighted by Crippen LogP contribution is 2.42. The molecule has 64 heavy (non-hydrogen) atoms. The van der Waals surface area contributed by atoms with E-state index in [9.17, 15) is 0 Å². The Balaban J connectivity index is 0.882. The Bertz CT molecular complexity index is 3080. The van der Waals surface area contributed by atoms with Gasteiger partial charge in [0.05, 0.1) is 11.4 Å². The van der Waals surface area contributed by atoms with E-state index in [1.165, 1.54) is 66.1 Å². The molecule has 0 spiro atoms. The van der Waals surface area contributed by atoms with Gasteiger partial charge in [0, 0.05) is 33.5 Å². The van der Waals surface area contributed by atoms with Gasteiger partial charge in [0.25, 0.3) is 0 Å². The molecule has 0 N–H and O–H groups in total. The van der Waals surface area contributed by atoms with Crippen molar-refractivity contribution in [2.45, 2.75) is 0 Å². The summed E-state index contributed by atoms with van der Waals surface area (Å²) in [7, 11) is 0. The van der Waals surface area contributed by atoms with Crippen LogP contribution in [0.15, 0.2) is 267 Å². The van der Waals surface area contributed by atoms with Gasteiger partial charge in [-0.3, -0.25) is 0 Å². The van der Waals surface area contributed by atoms with Crippen molar-refractivity contribution < 1.29 is 0 Å². The maximum absolute atomic E-state index is 2.37. The molecule has 0 saturated carbocycles. The summed E-state index contributed by atoms with van der Waals surface area (Å²) in [6, 6.07) is 96.2. The minimum Gasteiger partial charge on any atom is -0.310 e. The fourth-order valence-electron chi connectivity index (χ4n) is 8.99. The van der Waals surface area contributed by atoms with Crippen molar-refractivity contribution in [3.63, 3.8) is 0 Å². The van der Waals surface area contributed by atoms with Gasteiger partial charge in [-0.1, -0.05) is 206 Å². The molecule has 0 heterocycles. The lowest BCUT2D eigenvalue weighted by atomic mass is 9.99. The topological polar surface area (TPSA) is 6.48 Å². The first-order chi connectivity index (χ1) is 31.7. The van der Waals surface area contributed by atoms with Crippen LogP contribution >= 0.6 is 0 Å². The highest BCUT2D eigenvalue weighted by Gasteiger charge is 2.18. The van der Waals surface area contributed by atoms with Crippen LogP contribution in [-0.2, 0) is 0 Å². The van der Waals surface area contributed by atoms with Crippen LogP contribution in [0.25, 0.3) is 66.1 Å². The first-order valence-electron chi connectivity index (χ1n) is 21.9. The van der Waals surface area contributed by atoms with Crippen LogP contribution in [-0.4, -0.2) is 0 Å². The average molecular weight is 817 g/mol. The molecule has 11 aromatic rings. The number of hydrogen-bond donors (Lipinski definition) is 0. The van der Waals surface area contributed by atoms with Gasteiger partial charge in [-0.25, -0.2) is 0 Å². The van der Waals surface area contributed by atoms with E-state index in [0.717, 1.165) is 34.1 Å². The standard InChI is InChI=1S/C62H44N2/c1-3-13-45(14-4-1)49-29-37-55(38-30-49)63(61-23-11-19-53-17-7-9-21-59(53)61)57-41-33-51(34-42-57)47-25-27-48(28-26-47)52-35-43-58(44-36-52)64(62-24-12-20-54-18-8-10-22-60(54)62)56-39-31-50(32-40-56)46-15-5-2-6-16-46/h1-44H. The zero-order chi connectivity index (χ0) is 42.7. The summed E-state index contributed by atoms with van der Waals surface area (Å²) in [5.74, 6) is 0. The Hall–Kier alpha value is -8.46. The first-order valence-corrected chi connectivity index (χ1v) is 21.9. The van der Waals surface area contributed by atoms with Crippen molar-refractivity contribution in [3.8, 4) is 44.5 Å². The van der Waals surface area contributed by atoms with Crippen LogP contribution in [0.4, 0.5) is 34.1 Å². The zero-order valence-electron chi connectivity index (χ0n) is 35.3. The highest BCUT2D eigenvalue weighted by molar-refractivity contribution is 6.00. The van der Waals surface area contributed by atoms with E-state index in [-0.39, 0.29) is 0 Å². The van der Waals surface area contributed by atoms with Crippen molar-refractivity contribution >= 4 is 55.7 Å². The molecule has 0 aliphatic heterocycles. The lowest BCUT2D eigenvalue weighted by molar-refractivity contribution is 1.30. The van der Waals surface area contributed by atoms with Crippen LogP contribution in [0.3, 0.4) is 0 Å². The Morgan fingerprint density at radius 3 is 0.719 bits per heavy atom. The molecule has 11 rings (SSSR count). The predicted molar refractivity (Wildman–Crippen MR) is 273 cm³/mol. The largest absolute Gasteiger partial charge is 0.310 e. The Labute approximate surface area is 375 Å². The molecule has 0 atom stereocenters. The molecular formula is C62H44N2. The summed E-state index contributed by atoms with van der Waals surface area (Å²) in [5.41, 5.74) is 16.3. The third-order valence-electron chi connectivity index (χ3n) is 12.3. The molecule has 0 unspecified atom stereocenters. The lowest BCUT2D eigenvalue weighted by Crippen LogP contribution is -2.10. The quantitative estimate of drug-likeness (QED) is 0.136. The molecule has 0 aromatic heterocycles. The van der Waals surface area contributed by atoms with Crippen LogP contribution in [0.2, 0.25) is 0 Å². The van der Waals surface area contributed by atoms with Gasteiger partial charge in [0.15, 0.2) is 0 Å². The third kappa shape index (κ3) is 7.59. The Morgan fingerprint density at radius 2 is 0.406 bits per heavy atom. The van der Waals surface area contributed by atoms with Gasteiger partial charge in [-0.05, 0) is 116 Å². The average Bonchev–Trinajstić information content (AvgIpc) is 3.38. The van der Waals surface area contributed by atoms with E-state index in [4.69, 9.17) is 0 Å². The van der Waals surface area contributed by atoms with Gasteiger partial charge in [0.2, 0.25) is 0 Å². The summed E-state index contributed by atoms with van der Waals surface area (Å²) in [5, 5.41) is 4.86. The molecular weight excluding hydrogens is 773 g/mol. The summed E-state index contributed by atoms with van der Waals surface area (Å²) in [4.78, 5) is 4.74. The van der Waals surface area contributed by atoms with E-state index in [0.29, 0.717) is 0 Å². The second-order valence-electron chi connectivity index (χ2n) is 16.2. The van der Waals surface area contributed by atoms with Gasteiger partial charge in [-0.15, -0.1) is 0 Å². The maximum atomic E-state index is 2.37. The number of nitrogens with zero attached hydrogens (tertiary/aromatic N) is 2. The molecule has 0 saturated heterocycles. The summed E-state index contributed by atoms with van der Waals surface area (Å²) in [6.45, 7) is 0. The third-order valence-corrected chi connectivity index (χ3v) is 12.3. The molecule has 2 heteroatoms. The molecule has 0 aliphatic rings. The number of rotatable bonds is 10. The van der Waals surface area contributed by atoms with E-state index < -0.39 is 0 Å². The lowest BCUT2D eigenvalue weighted by Gasteiger charge is -2.27. The minimum atomic E-state index is 1.11. The van der Waals surface area contributed by atoms with Crippen molar-refractivity contribution in [1.82, 2.24) is 0 Å². The van der Waals surface area contributed by atoms with Gasteiger partial charge < -0.3 is 9.80 Å². The molecule has 2 nitrogen and oxygen atoms in total. The second kappa shape index (κ2) is 17.1. The van der Waals surface area contributed by atoms with Gasteiger partial charge in [0.1, 0.15) is 0 Å². The summed E-state index contributed by atoms with van der Waals surface area (Å²) in [6.07, 6.45) is 0. The molecule has 11 aromatic carbocycles. The molecule has 302 valence electrons. The molecule has 0 amide bonds. The van der Waals surface area contributed by atoms with Crippen molar-refractivity contribution in [2.75, 3.05) is 9.80 Å². The number of anilines is 6. The van der Waals surface area contributed by atoms with E-state index in [1.807, 2.05) is 0 Å². The molecule has 0 bridgehead atoms.